The van der Waals surface area contributed by atoms with Crippen molar-refractivity contribution in [2.45, 2.75) is 31.8 Å². The van der Waals surface area contributed by atoms with Gasteiger partial charge in [-0.3, -0.25) is 4.99 Å². The first kappa shape index (κ1) is 14.0. The first-order chi connectivity index (χ1) is 9.85. The highest BCUT2D eigenvalue weighted by Gasteiger charge is 2.24. The van der Waals surface area contributed by atoms with Crippen molar-refractivity contribution < 1.29 is 0 Å². The number of benzene rings is 1. The Morgan fingerprint density at radius 1 is 1.35 bits per heavy atom. The minimum Gasteiger partial charge on any atom is -0.361 e. The summed E-state index contributed by atoms with van der Waals surface area (Å²) in [4.78, 5) is 7.38. The Kier molecular flexibility index (Phi) is 4.63. The van der Waals surface area contributed by atoms with Crippen LogP contribution in [0.15, 0.2) is 35.3 Å². The number of rotatable bonds is 3. The van der Waals surface area contributed by atoms with Gasteiger partial charge in [-0.05, 0) is 31.5 Å². The van der Waals surface area contributed by atoms with Crippen molar-refractivity contribution in [2.75, 3.05) is 25.4 Å². The van der Waals surface area contributed by atoms with E-state index in [9.17, 15) is 0 Å². The smallest absolute Gasteiger partial charge is 0.157 e. The highest BCUT2D eigenvalue weighted by atomic mass is 32.2. The molecular weight excluding hydrogens is 266 g/mol. The molecule has 3 rings (SSSR count). The molecule has 0 spiro atoms. The average molecular weight is 289 g/mol. The van der Waals surface area contributed by atoms with Crippen LogP contribution >= 0.6 is 11.8 Å². The Morgan fingerprint density at radius 2 is 2.20 bits per heavy atom. The van der Waals surface area contributed by atoms with E-state index in [0.29, 0.717) is 12.1 Å². The van der Waals surface area contributed by atoms with Crippen LogP contribution in [0.4, 0.5) is 0 Å². The molecule has 0 amide bonds. The van der Waals surface area contributed by atoms with Crippen LogP contribution in [0, 0.1) is 0 Å². The number of likely N-dealkylation sites (N-methyl/N-ethyl adjacent to an activating group) is 1. The zero-order valence-corrected chi connectivity index (χ0v) is 12.9. The van der Waals surface area contributed by atoms with E-state index < -0.39 is 0 Å². The predicted octanol–water partition coefficient (Wildman–Crippen LogP) is 2.90. The van der Waals surface area contributed by atoms with Crippen LogP contribution in [0.2, 0.25) is 0 Å². The van der Waals surface area contributed by atoms with Gasteiger partial charge in [0.15, 0.2) is 5.17 Å². The molecule has 0 aliphatic carbocycles. The number of nitrogens with zero attached hydrogens (tertiary/aromatic N) is 2. The molecule has 0 radical (unpaired) electrons. The van der Waals surface area contributed by atoms with Crippen LogP contribution in [-0.4, -0.2) is 41.5 Å². The standard InChI is InChI=1S/C16H23N3S/c1-2-19-10-6-9-14(11-19)17-16-18-15(12-20-16)13-7-4-3-5-8-13/h3-5,7-8,14-15H,2,6,9-12H2,1H3,(H,17,18). The van der Waals surface area contributed by atoms with E-state index in [4.69, 9.17) is 4.99 Å². The molecule has 2 aliphatic rings. The molecule has 2 heterocycles. The Balaban J connectivity index is 1.59. The SMILES string of the molecule is CCN1CCCC(NC2=NC(c3ccccc3)CS2)C1. The molecule has 3 nitrogen and oxygen atoms in total. The molecule has 1 aromatic rings. The van der Waals surface area contributed by atoms with E-state index in [1.54, 1.807) is 0 Å². The Labute approximate surface area is 125 Å². The fraction of sp³-hybridized carbons (Fsp3) is 0.562. The number of amidine groups is 1. The van der Waals surface area contributed by atoms with Crippen LogP contribution in [-0.2, 0) is 0 Å². The zero-order valence-electron chi connectivity index (χ0n) is 12.1. The summed E-state index contributed by atoms with van der Waals surface area (Å²) in [5, 5.41) is 4.79. The summed E-state index contributed by atoms with van der Waals surface area (Å²) in [6.45, 7) is 5.81. The summed E-state index contributed by atoms with van der Waals surface area (Å²) in [5.74, 6) is 1.07. The third-order valence-electron chi connectivity index (χ3n) is 4.12. The Hall–Kier alpha value is -1.00. The minimum absolute atomic E-state index is 0.328. The van der Waals surface area contributed by atoms with E-state index in [0.717, 1.165) is 24.0 Å². The molecular formula is C16H23N3S. The van der Waals surface area contributed by atoms with Gasteiger partial charge in [0, 0.05) is 18.3 Å². The predicted molar refractivity (Wildman–Crippen MR) is 87.3 cm³/mol. The second kappa shape index (κ2) is 6.64. The molecule has 1 saturated heterocycles. The van der Waals surface area contributed by atoms with Crippen LogP contribution < -0.4 is 5.32 Å². The van der Waals surface area contributed by atoms with Gasteiger partial charge in [0.25, 0.3) is 0 Å². The maximum absolute atomic E-state index is 4.85. The van der Waals surface area contributed by atoms with Gasteiger partial charge in [-0.25, -0.2) is 0 Å². The van der Waals surface area contributed by atoms with E-state index in [-0.39, 0.29) is 0 Å². The highest BCUT2D eigenvalue weighted by Crippen LogP contribution is 2.29. The molecule has 0 saturated carbocycles. The molecule has 20 heavy (non-hydrogen) atoms. The first-order valence-electron chi connectivity index (χ1n) is 7.59. The highest BCUT2D eigenvalue weighted by molar-refractivity contribution is 8.14. The molecule has 2 unspecified atom stereocenters. The summed E-state index contributed by atoms with van der Waals surface area (Å²) in [7, 11) is 0. The van der Waals surface area contributed by atoms with Gasteiger partial charge < -0.3 is 10.2 Å². The van der Waals surface area contributed by atoms with Gasteiger partial charge in [0.2, 0.25) is 0 Å². The van der Waals surface area contributed by atoms with E-state index >= 15 is 0 Å². The lowest BCUT2D eigenvalue weighted by atomic mass is 10.1. The minimum atomic E-state index is 0.328. The maximum Gasteiger partial charge on any atom is 0.157 e. The topological polar surface area (TPSA) is 27.6 Å². The molecule has 1 N–H and O–H groups in total. The van der Waals surface area contributed by atoms with Crippen molar-refractivity contribution >= 4 is 16.9 Å². The van der Waals surface area contributed by atoms with E-state index in [1.165, 1.54) is 24.9 Å². The lowest BCUT2D eigenvalue weighted by Crippen LogP contribution is -2.46. The van der Waals surface area contributed by atoms with Gasteiger partial charge in [-0.1, -0.05) is 49.0 Å². The third kappa shape index (κ3) is 3.36. The third-order valence-corrected chi connectivity index (χ3v) is 5.09. The van der Waals surface area contributed by atoms with Gasteiger partial charge in [-0.15, -0.1) is 0 Å². The van der Waals surface area contributed by atoms with E-state index in [2.05, 4.69) is 47.5 Å². The zero-order chi connectivity index (χ0) is 13.8. The lowest BCUT2D eigenvalue weighted by molar-refractivity contribution is 0.210. The van der Waals surface area contributed by atoms with Crippen LogP contribution in [0.3, 0.4) is 0 Å². The largest absolute Gasteiger partial charge is 0.361 e. The monoisotopic (exact) mass is 289 g/mol. The summed E-state index contributed by atoms with van der Waals surface area (Å²) < 4.78 is 0. The average Bonchev–Trinajstić information content (AvgIpc) is 2.97. The van der Waals surface area contributed by atoms with Crippen LogP contribution in [0.5, 0.6) is 0 Å². The molecule has 108 valence electrons. The summed E-state index contributed by atoms with van der Waals surface area (Å²) in [5.41, 5.74) is 1.33. The number of nitrogens with one attached hydrogen (secondary N) is 1. The number of hydrogen-bond acceptors (Lipinski definition) is 4. The molecule has 2 aliphatic heterocycles. The number of aliphatic imine (C=N–C) groups is 1. The Morgan fingerprint density at radius 3 is 3.00 bits per heavy atom. The van der Waals surface area contributed by atoms with Gasteiger partial charge in [0.05, 0.1) is 6.04 Å². The summed E-state index contributed by atoms with van der Waals surface area (Å²) >= 11 is 1.87. The van der Waals surface area contributed by atoms with E-state index in [1.807, 2.05) is 11.8 Å². The number of likely N-dealkylation sites (tertiary alicyclic amines) is 1. The van der Waals surface area contributed by atoms with Crippen molar-refractivity contribution in [3.05, 3.63) is 35.9 Å². The quantitative estimate of drug-likeness (QED) is 0.927. The second-order valence-electron chi connectivity index (χ2n) is 5.55. The summed E-state index contributed by atoms with van der Waals surface area (Å²) in [6.07, 6.45) is 2.57. The molecule has 1 aromatic carbocycles. The maximum atomic E-state index is 4.85. The molecule has 1 fully saturated rings. The van der Waals surface area contributed by atoms with Crippen molar-refractivity contribution in [3.8, 4) is 0 Å². The van der Waals surface area contributed by atoms with Crippen LogP contribution in [0.1, 0.15) is 31.4 Å². The molecule has 2 atom stereocenters. The molecule has 0 bridgehead atoms. The second-order valence-corrected chi connectivity index (χ2v) is 6.56. The fourth-order valence-electron chi connectivity index (χ4n) is 2.93. The summed E-state index contributed by atoms with van der Waals surface area (Å²) in [6, 6.07) is 11.5. The van der Waals surface area contributed by atoms with Gasteiger partial charge in [0.1, 0.15) is 0 Å². The molecule has 4 heteroatoms. The lowest BCUT2D eigenvalue weighted by Gasteiger charge is -2.32. The van der Waals surface area contributed by atoms with Gasteiger partial charge in [-0.2, -0.15) is 0 Å². The van der Waals surface area contributed by atoms with Crippen molar-refractivity contribution in [1.82, 2.24) is 10.2 Å². The first-order valence-corrected chi connectivity index (χ1v) is 8.58. The van der Waals surface area contributed by atoms with Crippen molar-refractivity contribution in [3.63, 3.8) is 0 Å². The van der Waals surface area contributed by atoms with Crippen LogP contribution in [0.25, 0.3) is 0 Å². The number of thioether (sulfide) groups is 1. The molecule has 0 aromatic heterocycles. The fourth-order valence-corrected chi connectivity index (χ4v) is 3.97. The van der Waals surface area contributed by atoms with Crippen molar-refractivity contribution in [1.29, 1.82) is 0 Å². The van der Waals surface area contributed by atoms with Crippen molar-refractivity contribution in [2.24, 2.45) is 4.99 Å². The number of piperidine rings is 1. The normalized spacial score (nSPS) is 27.4. The Bertz CT molecular complexity index is 460. The number of hydrogen-bond donors (Lipinski definition) is 1. The van der Waals surface area contributed by atoms with Gasteiger partial charge >= 0.3 is 0 Å².